The van der Waals surface area contributed by atoms with Crippen LogP contribution in [-0.2, 0) is 6.54 Å². The largest absolute Gasteiger partial charge is 0.272 e. The van der Waals surface area contributed by atoms with E-state index in [9.17, 15) is 0 Å². The van der Waals surface area contributed by atoms with Gasteiger partial charge in [-0.1, -0.05) is 41.5 Å². The Hall–Kier alpha value is -0.360. The van der Waals surface area contributed by atoms with Crippen molar-refractivity contribution in [1.29, 1.82) is 0 Å². The maximum Gasteiger partial charge on any atom is 0.0524 e. The standard InChI is InChI=1S/C29H49N2P/c1-7-21(3)22-16-30-31(17-22)19-28(4,5)27-11-9-25-23-13-15-32-18-20(2)8-10-26(32)24(23)12-14-29(25,27)6/h16-17,20-21,23-27H,7-15,18-19H2,1-6H3. The molecule has 0 N–H and O–H groups in total. The first kappa shape index (κ1) is 23.4. The summed E-state index contributed by atoms with van der Waals surface area (Å²) in [6.07, 6.45) is 19.5. The molecule has 2 saturated heterocycles. The van der Waals surface area contributed by atoms with E-state index in [1.54, 1.807) is 31.6 Å². The molecule has 9 unspecified atom stereocenters. The molecule has 1 aromatic rings. The van der Waals surface area contributed by atoms with Gasteiger partial charge in [-0.05, 0) is 121 Å². The molecule has 9 atom stereocenters. The number of hydrogen-bond donors (Lipinski definition) is 0. The quantitative estimate of drug-likeness (QED) is 0.409. The summed E-state index contributed by atoms with van der Waals surface area (Å²) < 4.78 is 2.28. The van der Waals surface area contributed by atoms with Crippen LogP contribution in [0, 0.1) is 40.4 Å². The Kier molecular flexibility index (Phi) is 6.35. The Labute approximate surface area is 199 Å². The summed E-state index contributed by atoms with van der Waals surface area (Å²) in [5.41, 5.74) is 3.43. The van der Waals surface area contributed by atoms with E-state index in [-0.39, 0.29) is 0 Å². The summed E-state index contributed by atoms with van der Waals surface area (Å²) in [7, 11) is 0.353. The second-order valence-electron chi connectivity index (χ2n) is 13.4. The molecule has 4 aliphatic rings. The van der Waals surface area contributed by atoms with Crippen LogP contribution in [0.2, 0.25) is 0 Å². The van der Waals surface area contributed by atoms with Crippen LogP contribution in [-0.4, -0.2) is 27.8 Å². The molecule has 0 aromatic carbocycles. The van der Waals surface area contributed by atoms with E-state index in [0.717, 1.165) is 41.8 Å². The maximum atomic E-state index is 4.80. The highest BCUT2D eigenvalue weighted by Gasteiger charge is 2.59. The smallest absolute Gasteiger partial charge is 0.0524 e. The number of hydrogen-bond acceptors (Lipinski definition) is 1. The minimum atomic E-state index is 0.316. The van der Waals surface area contributed by atoms with Crippen molar-refractivity contribution in [3.8, 4) is 0 Å². The van der Waals surface area contributed by atoms with Crippen LogP contribution in [0.5, 0.6) is 0 Å². The SMILES string of the molecule is CCC(C)c1cnn(CC(C)(C)C2CCC3C4CCP5CC(C)CCC5C4CCC32C)c1. The van der Waals surface area contributed by atoms with Crippen molar-refractivity contribution in [3.05, 3.63) is 18.0 Å². The Bertz CT molecular complexity index is 799. The predicted octanol–water partition coefficient (Wildman–Crippen LogP) is 8.17. The fourth-order valence-corrected chi connectivity index (χ4v) is 13.1. The molecule has 0 amide bonds. The fourth-order valence-electron chi connectivity index (χ4n) is 9.30. The molecule has 180 valence electrons. The molecule has 3 heteroatoms. The molecule has 5 rings (SSSR count). The highest BCUT2D eigenvalue weighted by molar-refractivity contribution is 7.58. The minimum absolute atomic E-state index is 0.316. The average Bonchev–Trinajstić information content (AvgIpc) is 3.36. The van der Waals surface area contributed by atoms with E-state index in [4.69, 9.17) is 5.10 Å². The molecule has 0 radical (unpaired) electrons. The Balaban J connectivity index is 1.31. The van der Waals surface area contributed by atoms with Crippen molar-refractivity contribution in [2.45, 2.75) is 111 Å². The summed E-state index contributed by atoms with van der Waals surface area (Å²) in [5.74, 6) is 5.61. The van der Waals surface area contributed by atoms with Gasteiger partial charge < -0.3 is 0 Å². The molecule has 0 spiro atoms. The highest BCUT2D eigenvalue weighted by Crippen LogP contribution is 2.69. The van der Waals surface area contributed by atoms with Gasteiger partial charge in [0.15, 0.2) is 0 Å². The van der Waals surface area contributed by atoms with Gasteiger partial charge in [0.1, 0.15) is 0 Å². The molecule has 32 heavy (non-hydrogen) atoms. The summed E-state index contributed by atoms with van der Waals surface area (Å²) in [6.45, 7) is 16.1. The maximum absolute atomic E-state index is 4.80. The topological polar surface area (TPSA) is 17.8 Å². The zero-order chi connectivity index (χ0) is 22.7. The van der Waals surface area contributed by atoms with Gasteiger partial charge in [-0.3, -0.25) is 4.68 Å². The van der Waals surface area contributed by atoms with Crippen LogP contribution in [0.15, 0.2) is 12.4 Å². The van der Waals surface area contributed by atoms with Crippen LogP contribution in [0.3, 0.4) is 0 Å². The molecule has 2 aliphatic carbocycles. The van der Waals surface area contributed by atoms with Crippen molar-refractivity contribution < 1.29 is 0 Å². The van der Waals surface area contributed by atoms with E-state index in [1.807, 2.05) is 0 Å². The first-order valence-corrected chi connectivity index (χ1v) is 15.8. The Morgan fingerprint density at radius 2 is 1.97 bits per heavy atom. The lowest BCUT2D eigenvalue weighted by atomic mass is 9.53. The molecule has 4 fully saturated rings. The highest BCUT2D eigenvalue weighted by atomic mass is 31.1. The molecule has 2 saturated carbocycles. The lowest BCUT2D eigenvalue weighted by molar-refractivity contribution is -0.0360. The number of rotatable bonds is 5. The molecular formula is C29H49N2P. The van der Waals surface area contributed by atoms with Crippen LogP contribution in [0.4, 0.5) is 0 Å². The third-order valence-electron chi connectivity index (χ3n) is 11.1. The molecule has 2 nitrogen and oxygen atoms in total. The molecule has 3 heterocycles. The molecular weight excluding hydrogens is 407 g/mol. The number of aromatic nitrogens is 2. The van der Waals surface area contributed by atoms with Crippen LogP contribution >= 0.6 is 7.92 Å². The van der Waals surface area contributed by atoms with Gasteiger partial charge >= 0.3 is 0 Å². The van der Waals surface area contributed by atoms with Gasteiger partial charge in [-0.2, -0.15) is 5.10 Å². The van der Waals surface area contributed by atoms with Gasteiger partial charge in [-0.15, -0.1) is 7.92 Å². The number of fused-ring (bicyclic) bond motifs is 5. The zero-order valence-electron chi connectivity index (χ0n) is 21.8. The summed E-state index contributed by atoms with van der Waals surface area (Å²) in [6, 6.07) is 0. The van der Waals surface area contributed by atoms with E-state index in [1.165, 1.54) is 37.7 Å². The first-order chi connectivity index (χ1) is 15.2. The van der Waals surface area contributed by atoms with Crippen molar-refractivity contribution in [1.82, 2.24) is 9.78 Å². The fraction of sp³-hybridized carbons (Fsp3) is 0.897. The normalized spacial score (nSPS) is 42.8. The average molecular weight is 457 g/mol. The second-order valence-corrected chi connectivity index (χ2v) is 16.1. The lowest BCUT2D eigenvalue weighted by Gasteiger charge is -2.57. The monoisotopic (exact) mass is 456 g/mol. The van der Waals surface area contributed by atoms with Crippen molar-refractivity contribution in [2.75, 3.05) is 12.3 Å². The van der Waals surface area contributed by atoms with Gasteiger partial charge in [0.25, 0.3) is 0 Å². The lowest BCUT2D eigenvalue weighted by Crippen LogP contribution is -2.50. The second kappa shape index (κ2) is 8.70. The first-order valence-electron chi connectivity index (χ1n) is 14.0. The van der Waals surface area contributed by atoms with Gasteiger partial charge in [0.05, 0.1) is 6.20 Å². The van der Waals surface area contributed by atoms with Gasteiger partial charge in [0, 0.05) is 12.7 Å². The van der Waals surface area contributed by atoms with Crippen LogP contribution < -0.4 is 0 Å². The van der Waals surface area contributed by atoms with E-state index < -0.39 is 0 Å². The van der Waals surface area contributed by atoms with Crippen molar-refractivity contribution in [2.24, 2.45) is 40.4 Å². The summed E-state index contributed by atoms with van der Waals surface area (Å²) >= 11 is 0. The summed E-state index contributed by atoms with van der Waals surface area (Å²) in [5, 5.41) is 4.80. The molecule has 2 aliphatic heterocycles. The Morgan fingerprint density at radius 1 is 1.16 bits per heavy atom. The zero-order valence-corrected chi connectivity index (χ0v) is 22.7. The summed E-state index contributed by atoms with van der Waals surface area (Å²) in [4.78, 5) is 0. The third kappa shape index (κ3) is 3.93. The van der Waals surface area contributed by atoms with Crippen molar-refractivity contribution >= 4 is 7.92 Å². The van der Waals surface area contributed by atoms with Crippen molar-refractivity contribution in [3.63, 3.8) is 0 Å². The minimum Gasteiger partial charge on any atom is -0.272 e. The number of nitrogens with zero attached hydrogens (tertiary/aromatic N) is 2. The molecule has 0 bridgehead atoms. The van der Waals surface area contributed by atoms with Gasteiger partial charge in [-0.25, -0.2) is 0 Å². The van der Waals surface area contributed by atoms with Gasteiger partial charge in [0.2, 0.25) is 0 Å². The van der Waals surface area contributed by atoms with E-state index >= 15 is 0 Å². The molecule has 1 aromatic heterocycles. The van der Waals surface area contributed by atoms with Crippen LogP contribution in [0.1, 0.15) is 104 Å². The third-order valence-corrected chi connectivity index (χ3v) is 14.6. The van der Waals surface area contributed by atoms with E-state index in [0.29, 0.717) is 24.7 Å². The predicted molar refractivity (Wildman–Crippen MR) is 139 cm³/mol. The van der Waals surface area contributed by atoms with Crippen LogP contribution in [0.25, 0.3) is 0 Å². The Morgan fingerprint density at radius 3 is 2.75 bits per heavy atom. The van der Waals surface area contributed by atoms with E-state index in [2.05, 4.69) is 58.6 Å².